The van der Waals surface area contributed by atoms with Crippen LogP contribution in [0.15, 0.2) is 95.9 Å². The zero-order valence-corrected chi connectivity index (χ0v) is 15.1. The number of H-pyrrole nitrogens is 1. The molecule has 136 valence electrons. The molecule has 1 N–H and O–H groups in total. The van der Waals surface area contributed by atoms with Crippen LogP contribution in [0.2, 0.25) is 0 Å². The summed E-state index contributed by atoms with van der Waals surface area (Å²) in [5.41, 5.74) is 3.34. The number of fused-ring (bicyclic) bond motifs is 3. The molecule has 2 heterocycles. The number of hydrogen-bond donors (Lipinski definition) is 1. The van der Waals surface area contributed by atoms with Crippen molar-refractivity contribution >= 4 is 21.8 Å². The quantitative estimate of drug-likeness (QED) is 0.484. The summed E-state index contributed by atoms with van der Waals surface area (Å²) in [5, 5.41) is 1.81. The van der Waals surface area contributed by atoms with Gasteiger partial charge in [0.1, 0.15) is 17.9 Å². The van der Waals surface area contributed by atoms with E-state index in [-0.39, 0.29) is 5.56 Å². The van der Waals surface area contributed by atoms with Crippen molar-refractivity contribution in [3.05, 3.63) is 107 Å². The molecule has 0 spiro atoms. The molecule has 5 rings (SSSR count). The number of ether oxygens (including phenoxy) is 1. The van der Waals surface area contributed by atoms with Crippen LogP contribution in [0.25, 0.3) is 27.5 Å². The minimum absolute atomic E-state index is 0.0751. The highest BCUT2D eigenvalue weighted by atomic mass is 16.5. The predicted octanol–water partition coefficient (Wildman–Crippen LogP) is 5.05. The van der Waals surface area contributed by atoms with Crippen molar-refractivity contribution in [2.75, 3.05) is 0 Å². The summed E-state index contributed by atoms with van der Waals surface area (Å²) >= 11 is 0. The minimum Gasteiger partial charge on any atom is -0.488 e. The van der Waals surface area contributed by atoms with E-state index < -0.39 is 0 Å². The smallest absolute Gasteiger partial charge is 0.279 e. The van der Waals surface area contributed by atoms with Crippen LogP contribution in [-0.2, 0) is 6.61 Å². The Morgan fingerprint density at radius 3 is 2.36 bits per heavy atom. The number of para-hydroxylation sites is 1. The molecular formula is C24H18N2O2. The van der Waals surface area contributed by atoms with E-state index in [0.717, 1.165) is 33.3 Å². The van der Waals surface area contributed by atoms with Gasteiger partial charge in [-0.1, -0.05) is 54.6 Å². The molecule has 0 bridgehead atoms. The van der Waals surface area contributed by atoms with Crippen LogP contribution in [0.1, 0.15) is 5.56 Å². The molecule has 0 fully saturated rings. The van der Waals surface area contributed by atoms with Crippen molar-refractivity contribution in [2.45, 2.75) is 6.61 Å². The summed E-state index contributed by atoms with van der Waals surface area (Å²) in [6.45, 7) is 0.480. The second-order valence-electron chi connectivity index (χ2n) is 6.69. The van der Waals surface area contributed by atoms with Gasteiger partial charge in [0, 0.05) is 22.7 Å². The lowest BCUT2D eigenvalue weighted by molar-refractivity contribution is 0.310. The first-order chi connectivity index (χ1) is 13.8. The number of aromatic nitrogens is 2. The zero-order valence-electron chi connectivity index (χ0n) is 15.1. The molecule has 0 radical (unpaired) electrons. The molecule has 0 amide bonds. The standard InChI is InChI=1S/C24H18N2O2/c27-24-23-19(14-15-26(24)18-10-5-2-6-11-18)22-20(25-23)12-7-13-21(22)28-16-17-8-3-1-4-9-17/h1-15,25H,16H2. The lowest BCUT2D eigenvalue weighted by atomic mass is 10.1. The highest BCUT2D eigenvalue weighted by Crippen LogP contribution is 2.32. The van der Waals surface area contributed by atoms with Gasteiger partial charge in [-0.2, -0.15) is 0 Å². The SMILES string of the molecule is O=c1c2[nH]c3cccc(OCc4ccccc4)c3c2ccn1-c1ccccc1. The third-order valence-corrected chi connectivity index (χ3v) is 4.92. The molecule has 4 nitrogen and oxygen atoms in total. The van der Waals surface area contributed by atoms with Gasteiger partial charge in [-0.05, 0) is 35.9 Å². The molecule has 2 aromatic heterocycles. The Balaban J connectivity index is 1.63. The summed E-state index contributed by atoms with van der Waals surface area (Å²) in [4.78, 5) is 16.4. The monoisotopic (exact) mass is 366 g/mol. The van der Waals surface area contributed by atoms with Crippen molar-refractivity contribution in [1.82, 2.24) is 9.55 Å². The molecule has 3 aromatic carbocycles. The van der Waals surface area contributed by atoms with Crippen molar-refractivity contribution < 1.29 is 4.74 Å². The molecule has 4 heteroatoms. The van der Waals surface area contributed by atoms with Crippen LogP contribution in [0.4, 0.5) is 0 Å². The maximum Gasteiger partial charge on any atom is 0.279 e. The Morgan fingerprint density at radius 1 is 0.821 bits per heavy atom. The first kappa shape index (κ1) is 16.4. The predicted molar refractivity (Wildman–Crippen MR) is 112 cm³/mol. The molecule has 28 heavy (non-hydrogen) atoms. The van der Waals surface area contributed by atoms with Gasteiger partial charge in [-0.3, -0.25) is 9.36 Å². The normalized spacial score (nSPS) is 11.1. The highest BCUT2D eigenvalue weighted by molar-refractivity contribution is 6.10. The van der Waals surface area contributed by atoms with Crippen molar-refractivity contribution in [3.8, 4) is 11.4 Å². The van der Waals surface area contributed by atoms with Gasteiger partial charge in [0.15, 0.2) is 0 Å². The van der Waals surface area contributed by atoms with E-state index in [9.17, 15) is 4.79 Å². The van der Waals surface area contributed by atoms with Crippen molar-refractivity contribution in [3.63, 3.8) is 0 Å². The average Bonchev–Trinajstić information content (AvgIpc) is 3.14. The largest absolute Gasteiger partial charge is 0.488 e. The number of benzene rings is 3. The van der Waals surface area contributed by atoms with Crippen LogP contribution in [-0.4, -0.2) is 9.55 Å². The number of rotatable bonds is 4. The Kier molecular flexibility index (Phi) is 3.95. The fourth-order valence-electron chi connectivity index (χ4n) is 3.56. The molecule has 0 aliphatic heterocycles. The number of nitrogens with zero attached hydrogens (tertiary/aromatic N) is 1. The first-order valence-corrected chi connectivity index (χ1v) is 9.19. The summed E-state index contributed by atoms with van der Waals surface area (Å²) < 4.78 is 7.75. The zero-order chi connectivity index (χ0) is 18.9. The van der Waals surface area contributed by atoms with Crippen LogP contribution in [0.3, 0.4) is 0 Å². The van der Waals surface area contributed by atoms with Gasteiger partial charge < -0.3 is 9.72 Å². The molecule has 5 aromatic rings. The molecule has 0 unspecified atom stereocenters. The van der Waals surface area contributed by atoms with E-state index in [4.69, 9.17) is 4.74 Å². The third-order valence-electron chi connectivity index (χ3n) is 4.92. The van der Waals surface area contributed by atoms with E-state index in [2.05, 4.69) is 4.98 Å². The first-order valence-electron chi connectivity index (χ1n) is 9.19. The van der Waals surface area contributed by atoms with Gasteiger partial charge in [0.05, 0.1) is 5.52 Å². The van der Waals surface area contributed by atoms with E-state index in [0.29, 0.717) is 12.1 Å². The fourth-order valence-corrected chi connectivity index (χ4v) is 3.56. The van der Waals surface area contributed by atoms with Gasteiger partial charge in [-0.25, -0.2) is 0 Å². The maximum atomic E-state index is 13.1. The van der Waals surface area contributed by atoms with E-state index in [1.165, 1.54) is 0 Å². The topological polar surface area (TPSA) is 47.0 Å². The molecule has 0 saturated carbocycles. The average molecular weight is 366 g/mol. The van der Waals surface area contributed by atoms with Crippen LogP contribution >= 0.6 is 0 Å². The maximum absolute atomic E-state index is 13.1. The second kappa shape index (κ2) is 6.74. The Morgan fingerprint density at radius 2 is 1.57 bits per heavy atom. The highest BCUT2D eigenvalue weighted by Gasteiger charge is 2.14. The molecule has 0 aliphatic carbocycles. The molecule has 0 saturated heterocycles. The fraction of sp³-hybridized carbons (Fsp3) is 0.0417. The van der Waals surface area contributed by atoms with Gasteiger partial charge in [0.2, 0.25) is 0 Å². The lowest BCUT2D eigenvalue weighted by Crippen LogP contribution is -2.17. The Labute approximate surface area is 161 Å². The van der Waals surface area contributed by atoms with E-state index >= 15 is 0 Å². The lowest BCUT2D eigenvalue weighted by Gasteiger charge is -2.08. The minimum atomic E-state index is -0.0751. The third kappa shape index (κ3) is 2.76. The van der Waals surface area contributed by atoms with E-state index in [1.54, 1.807) is 4.57 Å². The number of aromatic amines is 1. The van der Waals surface area contributed by atoms with Crippen molar-refractivity contribution in [1.29, 1.82) is 0 Å². The van der Waals surface area contributed by atoms with Crippen LogP contribution in [0.5, 0.6) is 5.75 Å². The second-order valence-corrected chi connectivity index (χ2v) is 6.69. The summed E-state index contributed by atoms with van der Waals surface area (Å²) in [5.74, 6) is 0.768. The molecule has 0 atom stereocenters. The van der Waals surface area contributed by atoms with Crippen LogP contribution < -0.4 is 10.3 Å². The van der Waals surface area contributed by atoms with Gasteiger partial charge in [-0.15, -0.1) is 0 Å². The van der Waals surface area contributed by atoms with Gasteiger partial charge in [0.25, 0.3) is 5.56 Å². The molecular weight excluding hydrogens is 348 g/mol. The summed E-state index contributed by atoms with van der Waals surface area (Å²) in [6.07, 6.45) is 1.82. The van der Waals surface area contributed by atoms with E-state index in [1.807, 2.05) is 91.1 Å². The number of hydrogen-bond acceptors (Lipinski definition) is 2. The van der Waals surface area contributed by atoms with Crippen molar-refractivity contribution in [2.24, 2.45) is 0 Å². The Hall–Kier alpha value is -3.79. The summed E-state index contributed by atoms with van der Waals surface area (Å²) in [6, 6.07) is 27.5. The van der Waals surface area contributed by atoms with Crippen LogP contribution in [0, 0.1) is 0 Å². The number of nitrogens with one attached hydrogen (secondary N) is 1. The molecule has 0 aliphatic rings. The van der Waals surface area contributed by atoms with Gasteiger partial charge >= 0.3 is 0 Å². The summed E-state index contributed by atoms with van der Waals surface area (Å²) in [7, 11) is 0. The number of pyridine rings is 1. The Bertz CT molecular complexity index is 1320.